The number of hydrogen-bond acceptors (Lipinski definition) is 4. The van der Waals surface area contributed by atoms with E-state index in [4.69, 9.17) is 11.6 Å². The molecule has 0 bridgehead atoms. The number of rotatable bonds is 6. The van der Waals surface area contributed by atoms with Crippen LogP contribution < -0.4 is 10.9 Å². The van der Waals surface area contributed by atoms with Crippen molar-refractivity contribution in [1.82, 2.24) is 15.0 Å². The van der Waals surface area contributed by atoms with Crippen LogP contribution in [0.25, 0.3) is 22.0 Å². The van der Waals surface area contributed by atoms with Crippen LogP contribution in [0.1, 0.15) is 30.6 Å². The van der Waals surface area contributed by atoms with Crippen molar-refractivity contribution in [3.05, 3.63) is 76.5 Å². The number of benzene rings is 2. The fourth-order valence-corrected chi connectivity index (χ4v) is 4.58. The lowest BCUT2D eigenvalue weighted by atomic mass is 10.0. The number of fused-ring (bicyclic) bond motifs is 1. The van der Waals surface area contributed by atoms with E-state index in [1.807, 2.05) is 20.3 Å². The van der Waals surface area contributed by atoms with E-state index in [9.17, 15) is 8.78 Å². The summed E-state index contributed by atoms with van der Waals surface area (Å²) in [5, 5.41) is 4.14. The van der Waals surface area contributed by atoms with Crippen molar-refractivity contribution >= 4 is 41.7 Å². The van der Waals surface area contributed by atoms with Crippen molar-refractivity contribution in [2.45, 2.75) is 26.3 Å². The first-order chi connectivity index (χ1) is 16.2. The van der Waals surface area contributed by atoms with Gasteiger partial charge < -0.3 is 5.32 Å². The number of nitrogens with zero attached hydrogens (tertiary/aromatic N) is 3. The van der Waals surface area contributed by atoms with Crippen LogP contribution in [0.3, 0.4) is 0 Å². The van der Waals surface area contributed by atoms with E-state index in [1.165, 1.54) is 18.2 Å². The Morgan fingerprint density at radius 1 is 1.06 bits per heavy atom. The van der Waals surface area contributed by atoms with Crippen molar-refractivity contribution in [2.75, 3.05) is 18.6 Å². The van der Waals surface area contributed by atoms with Gasteiger partial charge in [0.25, 0.3) is 0 Å². The number of hydrogen-bond donors (Lipinski definition) is 1. The number of nitrogens with one attached hydrogen (secondary N) is 1. The maximum atomic E-state index is 15.1. The van der Waals surface area contributed by atoms with E-state index in [0.29, 0.717) is 44.9 Å². The minimum Gasteiger partial charge on any atom is -0.376 e. The summed E-state index contributed by atoms with van der Waals surface area (Å²) in [5.74, 6) is -2.30. The standard InChI is InChI=1S/C25H23ClF3N4P/c1-5-20(15-7-6-8-18(27)23(15)29)33-24-17-9-16(14-11-30-25(31-12-14)34(3)4)19(28)10-21(17)32-13(2)22(24)26/h6-12,20H,5H2,1-4H3,(H,32,33). The third kappa shape index (κ3) is 4.59. The summed E-state index contributed by atoms with van der Waals surface area (Å²) in [4.78, 5) is 13.2. The van der Waals surface area contributed by atoms with Crippen LogP contribution in [0.2, 0.25) is 5.02 Å². The zero-order valence-corrected chi connectivity index (χ0v) is 20.8. The summed E-state index contributed by atoms with van der Waals surface area (Å²) in [6.45, 7) is 7.65. The summed E-state index contributed by atoms with van der Waals surface area (Å²) in [6, 6.07) is 6.48. The van der Waals surface area contributed by atoms with E-state index in [0.717, 1.165) is 11.6 Å². The molecule has 1 N–H and O–H groups in total. The first-order valence-electron chi connectivity index (χ1n) is 10.7. The Morgan fingerprint density at radius 2 is 1.76 bits per heavy atom. The highest BCUT2D eigenvalue weighted by Gasteiger charge is 2.21. The Labute approximate surface area is 202 Å². The van der Waals surface area contributed by atoms with Gasteiger partial charge in [-0.05, 0) is 46.7 Å². The molecule has 1 atom stereocenters. The first-order valence-corrected chi connectivity index (χ1v) is 13.3. The van der Waals surface area contributed by atoms with Gasteiger partial charge in [0.2, 0.25) is 0 Å². The normalized spacial score (nSPS) is 12.4. The molecular weight excluding hydrogens is 480 g/mol. The predicted octanol–water partition coefficient (Wildman–Crippen LogP) is 7.00. The summed E-state index contributed by atoms with van der Waals surface area (Å²) in [7, 11) is -0.476. The molecule has 0 radical (unpaired) electrons. The third-order valence-electron chi connectivity index (χ3n) is 5.61. The van der Waals surface area contributed by atoms with E-state index in [2.05, 4.69) is 20.3 Å². The fraction of sp³-hybridized carbons (Fsp3) is 0.240. The maximum absolute atomic E-state index is 15.1. The van der Waals surface area contributed by atoms with E-state index in [-0.39, 0.29) is 5.56 Å². The summed E-state index contributed by atoms with van der Waals surface area (Å²) in [5.41, 5.74) is 3.09. The van der Waals surface area contributed by atoms with Crippen LogP contribution >= 0.6 is 19.5 Å². The van der Waals surface area contributed by atoms with Crippen LogP contribution in [0.5, 0.6) is 0 Å². The predicted molar refractivity (Wildman–Crippen MR) is 134 cm³/mol. The van der Waals surface area contributed by atoms with Gasteiger partial charge in [-0.25, -0.2) is 23.1 Å². The molecule has 34 heavy (non-hydrogen) atoms. The first kappa shape index (κ1) is 24.4. The van der Waals surface area contributed by atoms with Crippen molar-refractivity contribution < 1.29 is 13.2 Å². The number of aromatic nitrogens is 3. The van der Waals surface area contributed by atoms with Crippen molar-refractivity contribution in [3.8, 4) is 11.1 Å². The number of aryl methyl sites for hydroxylation is 1. The number of halogens is 4. The van der Waals surface area contributed by atoms with Crippen LogP contribution in [0.15, 0.2) is 42.7 Å². The zero-order valence-electron chi connectivity index (χ0n) is 19.1. The Morgan fingerprint density at radius 3 is 2.41 bits per heavy atom. The topological polar surface area (TPSA) is 50.7 Å². The van der Waals surface area contributed by atoms with Crippen molar-refractivity contribution in [2.24, 2.45) is 0 Å². The SMILES string of the molecule is CCC(Nc1c(Cl)c(C)nc2cc(F)c(-c3cnc(P(C)C)nc3)cc12)c1cccc(F)c1F. The molecule has 2 heterocycles. The molecule has 2 aromatic heterocycles. The molecule has 0 saturated carbocycles. The largest absolute Gasteiger partial charge is 0.376 e. The van der Waals surface area contributed by atoms with Crippen molar-refractivity contribution in [3.63, 3.8) is 0 Å². The van der Waals surface area contributed by atoms with Gasteiger partial charge in [-0.2, -0.15) is 0 Å². The summed E-state index contributed by atoms with van der Waals surface area (Å²) in [6.07, 6.45) is 3.66. The smallest absolute Gasteiger partial charge is 0.164 e. The lowest BCUT2D eigenvalue weighted by Gasteiger charge is -2.22. The highest BCUT2D eigenvalue weighted by molar-refractivity contribution is 7.63. The molecule has 2 aromatic carbocycles. The van der Waals surface area contributed by atoms with Crippen LogP contribution in [0.4, 0.5) is 18.9 Å². The summed E-state index contributed by atoms with van der Waals surface area (Å²) >= 11 is 6.62. The van der Waals surface area contributed by atoms with Gasteiger partial charge in [-0.15, -0.1) is 0 Å². The van der Waals surface area contributed by atoms with Crippen LogP contribution in [-0.2, 0) is 0 Å². The number of pyridine rings is 1. The highest BCUT2D eigenvalue weighted by atomic mass is 35.5. The molecule has 0 fully saturated rings. The lowest BCUT2D eigenvalue weighted by molar-refractivity contribution is 0.490. The van der Waals surface area contributed by atoms with Gasteiger partial charge in [-0.1, -0.05) is 30.7 Å². The molecule has 0 aliphatic heterocycles. The van der Waals surface area contributed by atoms with Gasteiger partial charge in [-0.3, -0.25) is 4.98 Å². The molecule has 0 spiro atoms. The second kappa shape index (κ2) is 9.85. The second-order valence-corrected chi connectivity index (χ2v) is 10.7. The van der Waals surface area contributed by atoms with Gasteiger partial charge >= 0.3 is 0 Å². The van der Waals surface area contributed by atoms with Gasteiger partial charge in [0.15, 0.2) is 11.6 Å². The Kier molecular flexibility index (Phi) is 7.06. The lowest BCUT2D eigenvalue weighted by Crippen LogP contribution is -2.13. The molecule has 4 rings (SSSR count). The van der Waals surface area contributed by atoms with E-state index in [1.54, 1.807) is 25.4 Å². The van der Waals surface area contributed by atoms with Crippen LogP contribution in [-0.4, -0.2) is 28.3 Å². The number of anilines is 1. The zero-order chi connectivity index (χ0) is 24.6. The minimum absolute atomic E-state index is 0.183. The molecule has 0 aliphatic carbocycles. The Hall–Kier alpha value is -2.76. The molecule has 4 aromatic rings. The quantitative estimate of drug-likeness (QED) is 0.288. The molecule has 4 nitrogen and oxygen atoms in total. The van der Waals surface area contributed by atoms with Gasteiger partial charge in [0.05, 0.1) is 28.0 Å². The second-order valence-electron chi connectivity index (χ2n) is 8.15. The molecule has 1 unspecified atom stereocenters. The van der Waals surface area contributed by atoms with Crippen LogP contribution in [0, 0.1) is 24.4 Å². The Balaban J connectivity index is 1.86. The molecule has 0 saturated heterocycles. The van der Waals surface area contributed by atoms with Gasteiger partial charge in [0.1, 0.15) is 11.4 Å². The fourth-order valence-electron chi connectivity index (χ4n) is 3.80. The molecular formula is C25H23ClF3N4P. The van der Waals surface area contributed by atoms with E-state index < -0.39 is 31.4 Å². The molecule has 9 heteroatoms. The van der Waals surface area contributed by atoms with E-state index >= 15 is 4.39 Å². The minimum atomic E-state index is -0.921. The monoisotopic (exact) mass is 502 g/mol. The van der Waals surface area contributed by atoms with Gasteiger partial charge in [0, 0.05) is 40.5 Å². The average molecular weight is 503 g/mol. The molecule has 0 aliphatic rings. The third-order valence-corrected chi connectivity index (χ3v) is 7.11. The maximum Gasteiger partial charge on any atom is 0.164 e. The van der Waals surface area contributed by atoms with Crippen molar-refractivity contribution in [1.29, 1.82) is 0 Å². The molecule has 0 amide bonds. The average Bonchev–Trinajstić information content (AvgIpc) is 2.81. The molecule has 176 valence electrons. The summed E-state index contributed by atoms with van der Waals surface area (Å²) < 4.78 is 43.5. The Bertz CT molecular complexity index is 1360. The highest BCUT2D eigenvalue weighted by Crippen LogP contribution is 2.39.